The summed E-state index contributed by atoms with van der Waals surface area (Å²) < 4.78 is 11.6. The zero-order valence-electron chi connectivity index (χ0n) is 18.1. The molecule has 0 aliphatic carbocycles. The van der Waals surface area contributed by atoms with Crippen LogP contribution in [0.1, 0.15) is 29.5 Å². The number of hydrogen-bond donors (Lipinski definition) is 1. The fourth-order valence-corrected chi connectivity index (χ4v) is 3.86. The van der Waals surface area contributed by atoms with Crippen molar-refractivity contribution < 1.29 is 14.3 Å². The molecule has 3 aromatic rings. The molecule has 0 saturated carbocycles. The van der Waals surface area contributed by atoms with Gasteiger partial charge in [0, 0.05) is 24.3 Å². The van der Waals surface area contributed by atoms with E-state index in [4.69, 9.17) is 9.47 Å². The number of carbonyl (C=O) groups is 1. The lowest BCUT2D eigenvalue weighted by molar-refractivity contribution is -0.117. The maximum absolute atomic E-state index is 12.7. The van der Waals surface area contributed by atoms with E-state index in [9.17, 15) is 15.3 Å². The van der Waals surface area contributed by atoms with Gasteiger partial charge in [-0.25, -0.2) is 0 Å². The highest BCUT2D eigenvalue weighted by molar-refractivity contribution is 6.05. The Bertz CT molecular complexity index is 1280. The van der Waals surface area contributed by atoms with Gasteiger partial charge in [-0.05, 0) is 41.8 Å². The summed E-state index contributed by atoms with van der Waals surface area (Å²) in [6, 6.07) is 22.9. The topological polar surface area (TPSA) is 95.1 Å². The van der Waals surface area contributed by atoms with E-state index in [-0.39, 0.29) is 18.3 Å². The van der Waals surface area contributed by atoms with Gasteiger partial charge in [-0.3, -0.25) is 4.79 Å². The Morgan fingerprint density at radius 2 is 1.94 bits per heavy atom. The van der Waals surface area contributed by atoms with Crippen LogP contribution in [-0.2, 0) is 16.1 Å². The Balaban J connectivity index is 1.64. The molecule has 3 aromatic carbocycles. The SMILES string of the molecule is N#C/C(=C/c1c(OCc2ccccc2C#N)ccc2ccccc12)C(=O)NC[C@H]1CCCO1. The van der Waals surface area contributed by atoms with Crippen LogP contribution in [-0.4, -0.2) is 25.2 Å². The lowest BCUT2D eigenvalue weighted by Crippen LogP contribution is -2.32. The minimum absolute atomic E-state index is 0.00775. The maximum atomic E-state index is 12.7. The van der Waals surface area contributed by atoms with Crippen molar-refractivity contribution in [2.45, 2.75) is 25.6 Å². The molecule has 1 atom stereocenters. The summed E-state index contributed by atoms with van der Waals surface area (Å²) in [7, 11) is 0. The first-order chi connectivity index (χ1) is 16.2. The van der Waals surface area contributed by atoms with Crippen molar-refractivity contribution in [1.82, 2.24) is 5.32 Å². The summed E-state index contributed by atoms with van der Waals surface area (Å²) in [6.07, 6.45) is 3.44. The third kappa shape index (κ3) is 5.20. The van der Waals surface area contributed by atoms with Gasteiger partial charge >= 0.3 is 0 Å². The highest BCUT2D eigenvalue weighted by atomic mass is 16.5. The van der Waals surface area contributed by atoms with Crippen LogP contribution in [0.4, 0.5) is 0 Å². The van der Waals surface area contributed by atoms with Crippen LogP contribution in [0.25, 0.3) is 16.8 Å². The van der Waals surface area contributed by atoms with Crippen LogP contribution in [0.2, 0.25) is 0 Å². The van der Waals surface area contributed by atoms with Crippen molar-refractivity contribution >= 4 is 22.8 Å². The molecule has 6 nitrogen and oxygen atoms in total. The molecule has 1 aliphatic rings. The first-order valence-electron chi connectivity index (χ1n) is 10.8. The second kappa shape index (κ2) is 10.5. The monoisotopic (exact) mass is 437 g/mol. The third-order valence-electron chi connectivity index (χ3n) is 5.62. The van der Waals surface area contributed by atoms with E-state index in [1.807, 2.05) is 54.6 Å². The van der Waals surface area contributed by atoms with Gasteiger partial charge in [-0.15, -0.1) is 0 Å². The molecular weight excluding hydrogens is 414 g/mol. The number of nitrogens with zero attached hydrogens (tertiary/aromatic N) is 2. The van der Waals surface area contributed by atoms with Crippen LogP contribution in [0, 0.1) is 22.7 Å². The minimum Gasteiger partial charge on any atom is -0.488 e. The summed E-state index contributed by atoms with van der Waals surface area (Å²) in [6.45, 7) is 1.27. The molecule has 1 saturated heterocycles. The fraction of sp³-hybridized carbons (Fsp3) is 0.222. The van der Waals surface area contributed by atoms with Crippen LogP contribution < -0.4 is 10.1 Å². The Labute approximate surface area is 192 Å². The summed E-state index contributed by atoms with van der Waals surface area (Å²) in [5.74, 6) is 0.0860. The first-order valence-corrected chi connectivity index (χ1v) is 10.8. The molecule has 6 heteroatoms. The van der Waals surface area contributed by atoms with Crippen LogP contribution in [0.3, 0.4) is 0 Å². The van der Waals surface area contributed by atoms with Gasteiger partial charge in [-0.1, -0.05) is 48.5 Å². The molecule has 0 spiro atoms. The molecular formula is C27H23N3O3. The largest absolute Gasteiger partial charge is 0.488 e. The Kier molecular flexibility index (Phi) is 6.99. The van der Waals surface area contributed by atoms with Gasteiger partial charge in [0.15, 0.2) is 0 Å². The van der Waals surface area contributed by atoms with Gasteiger partial charge in [0.1, 0.15) is 24.0 Å². The van der Waals surface area contributed by atoms with Crippen molar-refractivity contribution in [3.05, 3.63) is 82.9 Å². The average molecular weight is 437 g/mol. The summed E-state index contributed by atoms with van der Waals surface area (Å²) in [5.41, 5.74) is 1.94. The third-order valence-corrected chi connectivity index (χ3v) is 5.62. The number of benzene rings is 3. The lowest BCUT2D eigenvalue weighted by atomic mass is 10.0. The molecule has 4 rings (SSSR count). The average Bonchev–Trinajstić information content (AvgIpc) is 3.38. The molecule has 164 valence electrons. The molecule has 1 fully saturated rings. The molecule has 0 aromatic heterocycles. The van der Waals surface area contributed by atoms with E-state index in [2.05, 4.69) is 11.4 Å². The van der Waals surface area contributed by atoms with E-state index < -0.39 is 5.91 Å². The predicted molar refractivity (Wildman–Crippen MR) is 125 cm³/mol. The van der Waals surface area contributed by atoms with E-state index in [1.54, 1.807) is 18.2 Å². The highest BCUT2D eigenvalue weighted by Gasteiger charge is 2.18. The van der Waals surface area contributed by atoms with Crippen molar-refractivity contribution in [2.75, 3.05) is 13.2 Å². The van der Waals surface area contributed by atoms with Gasteiger partial charge < -0.3 is 14.8 Å². The number of amides is 1. The Hall–Kier alpha value is -4.13. The van der Waals surface area contributed by atoms with Crippen LogP contribution >= 0.6 is 0 Å². The molecule has 1 aliphatic heterocycles. The molecule has 1 amide bonds. The number of nitriles is 2. The van der Waals surface area contributed by atoms with Crippen molar-refractivity contribution in [1.29, 1.82) is 10.5 Å². The second-order valence-corrected chi connectivity index (χ2v) is 7.77. The van der Waals surface area contributed by atoms with E-state index in [0.717, 1.165) is 29.2 Å². The zero-order valence-corrected chi connectivity index (χ0v) is 18.1. The standard InChI is InChI=1S/C27H23N3O3/c28-15-20-7-1-2-8-21(20)18-33-26-12-11-19-6-3-4-10-24(19)25(26)14-22(16-29)27(31)30-17-23-9-5-13-32-23/h1-4,6-8,10-12,14,23H,5,9,13,17-18H2,(H,30,31)/b22-14-/t23-/m1/s1. The van der Waals surface area contributed by atoms with E-state index >= 15 is 0 Å². The first kappa shape index (κ1) is 22.1. The summed E-state index contributed by atoms with van der Waals surface area (Å²) in [4.78, 5) is 12.7. The summed E-state index contributed by atoms with van der Waals surface area (Å²) >= 11 is 0. The molecule has 0 radical (unpaired) electrons. The molecule has 0 unspecified atom stereocenters. The van der Waals surface area contributed by atoms with Crippen molar-refractivity contribution in [3.63, 3.8) is 0 Å². The fourth-order valence-electron chi connectivity index (χ4n) is 3.86. The van der Waals surface area contributed by atoms with Crippen molar-refractivity contribution in [3.8, 4) is 17.9 Å². The van der Waals surface area contributed by atoms with E-state index in [1.165, 1.54) is 0 Å². The second-order valence-electron chi connectivity index (χ2n) is 7.77. The lowest BCUT2D eigenvalue weighted by Gasteiger charge is -2.14. The smallest absolute Gasteiger partial charge is 0.262 e. The number of carbonyl (C=O) groups excluding carboxylic acids is 1. The Morgan fingerprint density at radius 3 is 2.73 bits per heavy atom. The zero-order chi connectivity index (χ0) is 23.0. The normalized spacial score (nSPS) is 15.6. The number of nitrogens with one attached hydrogen (secondary N) is 1. The highest BCUT2D eigenvalue weighted by Crippen LogP contribution is 2.31. The molecule has 1 heterocycles. The summed E-state index contributed by atoms with van der Waals surface area (Å²) in [5, 5.41) is 23.7. The Morgan fingerprint density at radius 1 is 1.12 bits per heavy atom. The molecule has 1 N–H and O–H groups in total. The predicted octanol–water partition coefficient (Wildman–Crippen LogP) is 4.49. The number of hydrogen-bond acceptors (Lipinski definition) is 5. The molecule has 0 bridgehead atoms. The van der Waals surface area contributed by atoms with Gasteiger partial charge in [0.25, 0.3) is 5.91 Å². The number of fused-ring (bicyclic) bond motifs is 1. The van der Waals surface area contributed by atoms with Crippen molar-refractivity contribution in [2.24, 2.45) is 0 Å². The quantitative estimate of drug-likeness (QED) is 0.434. The van der Waals surface area contributed by atoms with Gasteiger partial charge in [-0.2, -0.15) is 10.5 Å². The maximum Gasteiger partial charge on any atom is 0.262 e. The van der Waals surface area contributed by atoms with Crippen LogP contribution in [0.15, 0.2) is 66.2 Å². The van der Waals surface area contributed by atoms with E-state index in [0.29, 0.717) is 30.0 Å². The molecule has 33 heavy (non-hydrogen) atoms. The van der Waals surface area contributed by atoms with Crippen LogP contribution in [0.5, 0.6) is 5.75 Å². The minimum atomic E-state index is -0.443. The number of rotatable bonds is 7. The van der Waals surface area contributed by atoms with Gasteiger partial charge in [0.05, 0.1) is 17.7 Å². The number of ether oxygens (including phenoxy) is 2. The van der Waals surface area contributed by atoms with Gasteiger partial charge in [0.2, 0.25) is 0 Å².